The zero-order valence-corrected chi connectivity index (χ0v) is 16.6. The minimum atomic E-state index is -0.821. The average Bonchev–Trinajstić information content (AvgIpc) is 2.68. The maximum atomic E-state index is 12.2. The Balaban J connectivity index is 2.02. The molecule has 0 saturated carbocycles. The van der Waals surface area contributed by atoms with Crippen molar-refractivity contribution < 1.29 is 23.9 Å². The van der Waals surface area contributed by atoms with Crippen molar-refractivity contribution in [3.05, 3.63) is 35.9 Å². The summed E-state index contributed by atoms with van der Waals surface area (Å²) < 4.78 is 10.1. The maximum Gasteiger partial charge on any atom is 0.308 e. The largest absolute Gasteiger partial charge is 0.496 e. The van der Waals surface area contributed by atoms with Crippen LogP contribution >= 0.6 is 12.2 Å². The van der Waals surface area contributed by atoms with Gasteiger partial charge in [0.15, 0.2) is 5.11 Å². The smallest absolute Gasteiger partial charge is 0.308 e. The molecule has 1 heterocycles. The molecule has 1 atom stereocenters. The summed E-state index contributed by atoms with van der Waals surface area (Å²) in [6, 6.07) is 6.44. The first kappa shape index (κ1) is 21.4. The number of rotatable bonds is 6. The van der Waals surface area contributed by atoms with E-state index in [1.54, 1.807) is 26.2 Å². The molecule has 150 valence electrons. The molecule has 0 aromatic heterocycles. The fourth-order valence-corrected chi connectivity index (χ4v) is 3.05. The molecular formula is C19H23N3O5S. The first-order valence-corrected chi connectivity index (χ1v) is 9.23. The fraction of sp³-hybridized carbons (Fsp3) is 0.368. The number of methoxy groups -OCH3 is 1. The summed E-state index contributed by atoms with van der Waals surface area (Å²) in [5, 5.41) is 5.34. The number of piperazine rings is 1. The lowest BCUT2D eigenvalue weighted by Gasteiger charge is -2.36. The predicted molar refractivity (Wildman–Crippen MR) is 108 cm³/mol. The minimum absolute atomic E-state index is 0.0822. The van der Waals surface area contributed by atoms with E-state index in [0.29, 0.717) is 18.8 Å². The molecule has 2 amide bonds. The van der Waals surface area contributed by atoms with Crippen LogP contribution < -0.4 is 15.4 Å². The van der Waals surface area contributed by atoms with E-state index in [1.807, 2.05) is 18.2 Å². The van der Waals surface area contributed by atoms with Crippen LogP contribution in [-0.4, -0.2) is 60.6 Å². The zero-order chi connectivity index (χ0) is 20.5. The average molecular weight is 405 g/mol. The van der Waals surface area contributed by atoms with Gasteiger partial charge >= 0.3 is 5.97 Å². The normalized spacial score (nSPS) is 16.4. The SMILES string of the molecule is CCOC(=O)CC1C(=O)NCCN1C(=S)NC(=O)/C=C/c1ccccc1OC. The van der Waals surface area contributed by atoms with E-state index < -0.39 is 17.9 Å². The van der Waals surface area contributed by atoms with Gasteiger partial charge in [0.25, 0.3) is 0 Å². The number of benzene rings is 1. The second kappa shape index (κ2) is 10.4. The summed E-state index contributed by atoms with van der Waals surface area (Å²) >= 11 is 5.28. The first-order valence-electron chi connectivity index (χ1n) is 8.82. The van der Waals surface area contributed by atoms with Gasteiger partial charge in [-0.05, 0) is 31.3 Å². The summed E-state index contributed by atoms with van der Waals surface area (Å²) in [6.45, 7) is 2.66. The molecule has 1 aromatic rings. The summed E-state index contributed by atoms with van der Waals surface area (Å²) in [5.74, 6) is -0.645. The second-order valence-electron chi connectivity index (χ2n) is 5.88. The van der Waals surface area contributed by atoms with Crippen molar-refractivity contribution in [3.8, 4) is 5.75 Å². The minimum Gasteiger partial charge on any atom is -0.496 e. The number of esters is 1. The van der Waals surface area contributed by atoms with Gasteiger partial charge < -0.3 is 19.7 Å². The van der Waals surface area contributed by atoms with Crippen LogP contribution in [0.5, 0.6) is 5.75 Å². The van der Waals surface area contributed by atoms with Crippen molar-refractivity contribution in [1.82, 2.24) is 15.5 Å². The lowest BCUT2D eigenvalue weighted by molar-refractivity contribution is -0.147. The standard InChI is InChI=1S/C19H23N3O5S/c1-3-27-17(24)12-14-18(25)20-10-11-22(14)19(28)21-16(23)9-8-13-6-4-5-7-15(13)26-2/h4-9,14H,3,10-12H2,1-2H3,(H,20,25)(H,21,23,28)/b9-8+. The summed E-state index contributed by atoms with van der Waals surface area (Å²) in [4.78, 5) is 37.7. The van der Waals surface area contributed by atoms with Crippen molar-refractivity contribution >= 4 is 41.2 Å². The summed E-state index contributed by atoms with van der Waals surface area (Å²) in [7, 11) is 1.55. The van der Waals surface area contributed by atoms with E-state index in [9.17, 15) is 14.4 Å². The zero-order valence-electron chi connectivity index (χ0n) is 15.8. The Morgan fingerprint density at radius 3 is 2.86 bits per heavy atom. The molecule has 0 spiro atoms. The van der Waals surface area contributed by atoms with Crippen molar-refractivity contribution in [3.63, 3.8) is 0 Å². The van der Waals surface area contributed by atoms with Gasteiger partial charge in [0.05, 0.1) is 20.1 Å². The van der Waals surface area contributed by atoms with Crippen molar-refractivity contribution in [1.29, 1.82) is 0 Å². The van der Waals surface area contributed by atoms with E-state index in [-0.39, 0.29) is 24.0 Å². The highest BCUT2D eigenvalue weighted by atomic mass is 32.1. The van der Waals surface area contributed by atoms with Gasteiger partial charge in [-0.2, -0.15) is 0 Å². The molecule has 0 bridgehead atoms. The van der Waals surface area contributed by atoms with E-state index in [2.05, 4.69) is 10.6 Å². The highest BCUT2D eigenvalue weighted by molar-refractivity contribution is 7.80. The third-order valence-electron chi connectivity index (χ3n) is 4.04. The second-order valence-corrected chi connectivity index (χ2v) is 6.27. The highest BCUT2D eigenvalue weighted by Crippen LogP contribution is 2.18. The molecule has 9 heteroatoms. The molecule has 2 N–H and O–H groups in total. The molecule has 28 heavy (non-hydrogen) atoms. The van der Waals surface area contributed by atoms with Gasteiger partial charge in [-0.3, -0.25) is 19.7 Å². The van der Waals surface area contributed by atoms with Gasteiger partial charge in [0, 0.05) is 24.7 Å². The number of ether oxygens (including phenoxy) is 2. The Labute approximate surface area is 168 Å². The van der Waals surface area contributed by atoms with Crippen LogP contribution in [0.1, 0.15) is 18.9 Å². The van der Waals surface area contributed by atoms with Crippen LogP contribution in [0.2, 0.25) is 0 Å². The molecule has 2 rings (SSSR count). The van der Waals surface area contributed by atoms with E-state index in [1.165, 1.54) is 11.0 Å². The number of hydrogen-bond donors (Lipinski definition) is 2. The lowest BCUT2D eigenvalue weighted by atomic mass is 10.1. The van der Waals surface area contributed by atoms with Crippen LogP contribution in [0, 0.1) is 0 Å². The molecular weight excluding hydrogens is 382 g/mol. The molecule has 1 aromatic carbocycles. The Kier molecular flexibility index (Phi) is 7.94. The highest BCUT2D eigenvalue weighted by Gasteiger charge is 2.33. The van der Waals surface area contributed by atoms with Crippen LogP contribution in [0.25, 0.3) is 6.08 Å². The molecule has 0 aliphatic carbocycles. The van der Waals surface area contributed by atoms with Gasteiger partial charge in [-0.25, -0.2) is 0 Å². The van der Waals surface area contributed by atoms with Crippen molar-refractivity contribution in [2.24, 2.45) is 0 Å². The number of nitrogens with zero attached hydrogens (tertiary/aromatic N) is 1. The van der Waals surface area contributed by atoms with Gasteiger partial charge in [0.2, 0.25) is 11.8 Å². The molecule has 1 fully saturated rings. The number of carbonyl (C=O) groups is 3. The lowest BCUT2D eigenvalue weighted by Crippen LogP contribution is -2.60. The van der Waals surface area contributed by atoms with Gasteiger partial charge in [-0.15, -0.1) is 0 Å². The molecule has 1 aliphatic heterocycles. The Morgan fingerprint density at radius 2 is 2.14 bits per heavy atom. The number of amides is 2. The number of hydrogen-bond acceptors (Lipinski definition) is 6. The van der Waals surface area contributed by atoms with Crippen molar-refractivity contribution in [2.45, 2.75) is 19.4 Å². The molecule has 1 aliphatic rings. The van der Waals surface area contributed by atoms with Crippen LogP contribution in [-0.2, 0) is 19.1 Å². The third kappa shape index (κ3) is 5.78. The summed E-state index contributed by atoms with van der Waals surface area (Å²) in [6.07, 6.45) is 2.79. The third-order valence-corrected chi connectivity index (χ3v) is 4.38. The van der Waals surface area contributed by atoms with Crippen LogP contribution in [0.15, 0.2) is 30.3 Å². The number of nitrogens with one attached hydrogen (secondary N) is 2. The van der Waals surface area contributed by atoms with Crippen molar-refractivity contribution in [2.75, 3.05) is 26.8 Å². The van der Waals surface area contributed by atoms with Gasteiger partial charge in [0.1, 0.15) is 11.8 Å². The fourth-order valence-electron chi connectivity index (χ4n) is 2.73. The Bertz CT molecular complexity index is 781. The molecule has 1 unspecified atom stereocenters. The maximum absolute atomic E-state index is 12.2. The topological polar surface area (TPSA) is 97.0 Å². The number of carbonyl (C=O) groups excluding carboxylic acids is 3. The quantitative estimate of drug-likeness (QED) is 0.412. The van der Waals surface area contributed by atoms with Crippen LogP contribution in [0.3, 0.4) is 0 Å². The van der Waals surface area contributed by atoms with E-state index in [0.717, 1.165) is 5.56 Å². The Hall–Kier alpha value is -2.94. The molecule has 1 saturated heterocycles. The van der Waals surface area contributed by atoms with E-state index >= 15 is 0 Å². The molecule has 8 nitrogen and oxygen atoms in total. The first-order chi connectivity index (χ1) is 13.5. The van der Waals surface area contributed by atoms with Crippen LogP contribution in [0.4, 0.5) is 0 Å². The molecule has 0 radical (unpaired) electrons. The summed E-state index contributed by atoms with van der Waals surface area (Å²) in [5.41, 5.74) is 0.739. The number of thiocarbonyl (C=S) groups is 1. The Morgan fingerprint density at radius 1 is 1.39 bits per heavy atom. The number of para-hydroxylation sites is 1. The predicted octanol–water partition coefficient (Wildman–Crippen LogP) is 0.863. The monoisotopic (exact) mass is 405 g/mol. The van der Waals surface area contributed by atoms with E-state index in [4.69, 9.17) is 21.7 Å². The van der Waals surface area contributed by atoms with Gasteiger partial charge in [-0.1, -0.05) is 18.2 Å².